The molecule has 0 atom stereocenters. The van der Waals surface area contributed by atoms with Crippen LogP contribution in [0.1, 0.15) is 12.0 Å². The van der Waals surface area contributed by atoms with E-state index in [4.69, 9.17) is 0 Å². The summed E-state index contributed by atoms with van der Waals surface area (Å²) in [7, 11) is 0. The Morgan fingerprint density at radius 3 is 2.84 bits per heavy atom. The Kier molecular flexibility index (Phi) is 3.66. The lowest BCUT2D eigenvalue weighted by Crippen LogP contribution is -2.43. The van der Waals surface area contributed by atoms with E-state index in [1.54, 1.807) is 0 Å². The van der Waals surface area contributed by atoms with Crippen LogP contribution in [0.3, 0.4) is 0 Å². The summed E-state index contributed by atoms with van der Waals surface area (Å²) in [6, 6.07) is 6.04. The molecule has 3 N–H and O–H groups in total. The Hall–Kier alpha value is -1.59. The summed E-state index contributed by atoms with van der Waals surface area (Å²) in [6.45, 7) is 5.62. The van der Waals surface area contributed by atoms with Gasteiger partial charge in [-0.15, -0.1) is 0 Å². The highest BCUT2D eigenvalue weighted by Crippen LogP contribution is 2.15. The van der Waals surface area contributed by atoms with E-state index in [2.05, 4.69) is 26.3 Å². The number of H-pyrrole nitrogens is 2. The van der Waals surface area contributed by atoms with Gasteiger partial charge in [-0.1, -0.05) is 12.1 Å². The number of piperazine rings is 1. The molecule has 0 amide bonds. The third-order valence-corrected chi connectivity index (χ3v) is 3.77. The van der Waals surface area contributed by atoms with Crippen LogP contribution in [0.5, 0.6) is 0 Å². The van der Waals surface area contributed by atoms with E-state index in [9.17, 15) is 4.79 Å². The minimum Gasteiger partial charge on any atom is -0.314 e. The monoisotopic (exact) mass is 260 g/mol. The number of aromatic amines is 2. The summed E-state index contributed by atoms with van der Waals surface area (Å²) in [5.74, 6) is 0. The first-order valence-corrected chi connectivity index (χ1v) is 6.96. The van der Waals surface area contributed by atoms with Crippen LogP contribution in [-0.4, -0.2) is 47.6 Å². The van der Waals surface area contributed by atoms with Gasteiger partial charge < -0.3 is 20.2 Å². The number of hydrogen-bond acceptors (Lipinski definition) is 3. The molecule has 102 valence electrons. The van der Waals surface area contributed by atoms with E-state index in [-0.39, 0.29) is 5.69 Å². The molecule has 0 saturated carbocycles. The standard InChI is InChI=1S/C14H20N4O/c19-14-16-12-5-1-3-11(13(12)17-14)4-2-8-18-9-6-15-7-10-18/h1,3,5,15H,2,4,6-10H2,(H2,16,17,19). The fraction of sp³-hybridized carbons (Fsp3) is 0.500. The van der Waals surface area contributed by atoms with Crippen LogP contribution in [0, 0.1) is 0 Å². The predicted molar refractivity (Wildman–Crippen MR) is 76.6 cm³/mol. The maximum Gasteiger partial charge on any atom is 0.323 e. The van der Waals surface area contributed by atoms with Crippen molar-refractivity contribution in [1.82, 2.24) is 20.2 Å². The Morgan fingerprint density at radius 1 is 1.16 bits per heavy atom. The Morgan fingerprint density at radius 2 is 2.00 bits per heavy atom. The molecule has 1 fully saturated rings. The van der Waals surface area contributed by atoms with E-state index in [1.165, 1.54) is 5.56 Å². The van der Waals surface area contributed by atoms with Gasteiger partial charge in [0.2, 0.25) is 0 Å². The third kappa shape index (κ3) is 2.88. The van der Waals surface area contributed by atoms with Crippen LogP contribution in [-0.2, 0) is 6.42 Å². The fourth-order valence-corrected chi connectivity index (χ4v) is 2.76. The van der Waals surface area contributed by atoms with E-state index in [1.807, 2.05) is 12.1 Å². The highest BCUT2D eigenvalue weighted by atomic mass is 16.1. The zero-order valence-electron chi connectivity index (χ0n) is 11.0. The van der Waals surface area contributed by atoms with Crippen LogP contribution >= 0.6 is 0 Å². The lowest BCUT2D eigenvalue weighted by molar-refractivity contribution is 0.238. The minimum absolute atomic E-state index is 0.121. The van der Waals surface area contributed by atoms with Crippen LogP contribution in [0.25, 0.3) is 11.0 Å². The molecular formula is C14H20N4O. The molecular weight excluding hydrogens is 240 g/mol. The number of para-hydroxylation sites is 1. The summed E-state index contributed by atoms with van der Waals surface area (Å²) < 4.78 is 0. The first-order chi connectivity index (χ1) is 9.33. The molecule has 1 saturated heterocycles. The minimum atomic E-state index is -0.121. The second-order valence-corrected chi connectivity index (χ2v) is 5.11. The molecule has 0 radical (unpaired) electrons. The second kappa shape index (κ2) is 5.59. The topological polar surface area (TPSA) is 63.9 Å². The average molecular weight is 260 g/mol. The summed E-state index contributed by atoms with van der Waals surface area (Å²) in [4.78, 5) is 19.5. The molecule has 2 aromatic rings. The van der Waals surface area contributed by atoms with Gasteiger partial charge >= 0.3 is 5.69 Å². The van der Waals surface area contributed by atoms with Crippen LogP contribution in [0.4, 0.5) is 0 Å². The number of imidazole rings is 1. The molecule has 0 unspecified atom stereocenters. The van der Waals surface area contributed by atoms with Crippen molar-refractivity contribution in [2.45, 2.75) is 12.8 Å². The van der Waals surface area contributed by atoms with E-state index >= 15 is 0 Å². The maximum absolute atomic E-state index is 11.3. The largest absolute Gasteiger partial charge is 0.323 e. The number of nitrogens with zero attached hydrogens (tertiary/aromatic N) is 1. The first kappa shape index (κ1) is 12.4. The van der Waals surface area contributed by atoms with Crippen molar-refractivity contribution in [2.24, 2.45) is 0 Å². The molecule has 0 spiro atoms. The van der Waals surface area contributed by atoms with Gasteiger partial charge in [-0.2, -0.15) is 0 Å². The SMILES string of the molecule is O=c1[nH]c2cccc(CCCN3CCNCC3)c2[nH]1. The van der Waals surface area contributed by atoms with E-state index in [0.717, 1.165) is 56.6 Å². The van der Waals surface area contributed by atoms with Gasteiger partial charge in [-0.25, -0.2) is 4.79 Å². The van der Waals surface area contributed by atoms with Gasteiger partial charge in [0.1, 0.15) is 0 Å². The zero-order chi connectivity index (χ0) is 13.1. The smallest absolute Gasteiger partial charge is 0.314 e. The number of hydrogen-bond donors (Lipinski definition) is 3. The zero-order valence-corrected chi connectivity index (χ0v) is 11.0. The van der Waals surface area contributed by atoms with Crippen molar-refractivity contribution in [3.05, 3.63) is 34.2 Å². The maximum atomic E-state index is 11.3. The van der Waals surface area contributed by atoms with Crippen molar-refractivity contribution in [3.8, 4) is 0 Å². The third-order valence-electron chi connectivity index (χ3n) is 3.77. The normalized spacial score (nSPS) is 17.1. The van der Waals surface area contributed by atoms with Crippen molar-refractivity contribution < 1.29 is 0 Å². The molecule has 19 heavy (non-hydrogen) atoms. The number of benzene rings is 1. The molecule has 0 aliphatic carbocycles. The van der Waals surface area contributed by atoms with E-state index < -0.39 is 0 Å². The number of nitrogens with one attached hydrogen (secondary N) is 3. The van der Waals surface area contributed by atoms with Crippen LogP contribution in [0.2, 0.25) is 0 Å². The lowest BCUT2D eigenvalue weighted by Gasteiger charge is -2.27. The highest BCUT2D eigenvalue weighted by Gasteiger charge is 2.09. The summed E-state index contributed by atoms with van der Waals surface area (Å²) in [6.07, 6.45) is 2.14. The molecule has 1 aromatic carbocycles. The molecule has 5 nitrogen and oxygen atoms in total. The van der Waals surface area contributed by atoms with Crippen molar-refractivity contribution in [1.29, 1.82) is 0 Å². The quantitative estimate of drug-likeness (QED) is 0.758. The Labute approximate surface area is 112 Å². The number of rotatable bonds is 4. The van der Waals surface area contributed by atoms with Crippen molar-refractivity contribution in [2.75, 3.05) is 32.7 Å². The van der Waals surface area contributed by atoms with Gasteiger partial charge in [0, 0.05) is 26.2 Å². The molecule has 2 heterocycles. The summed E-state index contributed by atoms with van der Waals surface area (Å²) in [5.41, 5.74) is 2.98. The van der Waals surface area contributed by atoms with Crippen LogP contribution < -0.4 is 11.0 Å². The Bertz CT molecular complexity index is 595. The number of aryl methyl sites for hydroxylation is 1. The predicted octanol–water partition coefficient (Wildman–Crippen LogP) is 0.694. The molecule has 3 rings (SSSR count). The van der Waals surface area contributed by atoms with Crippen molar-refractivity contribution >= 4 is 11.0 Å². The van der Waals surface area contributed by atoms with Gasteiger partial charge in [0.25, 0.3) is 0 Å². The second-order valence-electron chi connectivity index (χ2n) is 5.11. The molecule has 1 aliphatic rings. The lowest BCUT2D eigenvalue weighted by atomic mass is 10.1. The first-order valence-electron chi connectivity index (χ1n) is 6.96. The molecule has 0 bridgehead atoms. The van der Waals surface area contributed by atoms with Crippen molar-refractivity contribution in [3.63, 3.8) is 0 Å². The summed E-state index contributed by atoms with van der Waals surface area (Å²) >= 11 is 0. The molecule has 1 aromatic heterocycles. The molecule has 1 aliphatic heterocycles. The highest BCUT2D eigenvalue weighted by molar-refractivity contribution is 5.78. The van der Waals surface area contributed by atoms with Crippen LogP contribution in [0.15, 0.2) is 23.0 Å². The number of aromatic nitrogens is 2. The van der Waals surface area contributed by atoms with Gasteiger partial charge in [0.05, 0.1) is 11.0 Å². The van der Waals surface area contributed by atoms with Gasteiger partial charge in [0.15, 0.2) is 0 Å². The number of fused-ring (bicyclic) bond motifs is 1. The van der Waals surface area contributed by atoms with Gasteiger partial charge in [-0.3, -0.25) is 0 Å². The molecule has 5 heteroatoms. The average Bonchev–Trinajstić information content (AvgIpc) is 2.81. The summed E-state index contributed by atoms with van der Waals surface area (Å²) in [5, 5.41) is 3.36. The van der Waals surface area contributed by atoms with E-state index in [0.29, 0.717) is 0 Å². The fourth-order valence-electron chi connectivity index (χ4n) is 2.76. The van der Waals surface area contributed by atoms with Gasteiger partial charge in [-0.05, 0) is 31.0 Å². The Balaban J connectivity index is 1.63.